The standard InChI is InChI=1S/C12H11IN2O/c13-9-4-1-2-5-10(9)15-11(16)12(8-14)6-3-7-12/h1-2,4-5H,3,6-7H2,(H,15,16). The summed E-state index contributed by atoms with van der Waals surface area (Å²) in [5, 5.41) is 11.9. The van der Waals surface area contributed by atoms with Crippen molar-refractivity contribution < 1.29 is 4.79 Å². The van der Waals surface area contributed by atoms with Crippen molar-refractivity contribution in [2.75, 3.05) is 5.32 Å². The van der Waals surface area contributed by atoms with Gasteiger partial charge in [0.25, 0.3) is 0 Å². The Kier molecular flexibility index (Phi) is 3.15. The molecule has 16 heavy (non-hydrogen) atoms. The number of carbonyl (C=O) groups excluding carboxylic acids is 1. The van der Waals surface area contributed by atoms with Crippen molar-refractivity contribution in [2.45, 2.75) is 19.3 Å². The highest BCUT2D eigenvalue weighted by Gasteiger charge is 2.44. The molecule has 0 radical (unpaired) electrons. The largest absolute Gasteiger partial charge is 0.324 e. The van der Waals surface area contributed by atoms with E-state index in [0.717, 1.165) is 15.7 Å². The van der Waals surface area contributed by atoms with Crippen molar-refractivity contribution in [1.29, 1.82) is 5.26 Å². The molecule has 1 fully saturated rings. The zero-order valence-corrected chi connectivity index (χ0v) is 10.8. The molecule has 1 saturated carbocycles. The molecule has 0 unspecified atom stereocenters. The summed E-state index contributed by atoms with van der Waals surface area (Å²) in [4.78, 5) is 12.0. The maximum Gasteiger partial charge on any atom is 0.244 e. The minimum Gasteiger partial charge on any atom is -0.324 e. The van der Waals surface area contributed by atoms with E-state index in [9.17, 15) is 4.79 Å². The number of carbonyl (C=O) groups is 1. The van der Waals surface area contributed by atoms with Crippen molar-refractivity contribution in [3.63, 3.8) is 0 Å². The van der Waals surface area contributed by atoms with Crippen LogP contribution in [0.15, 0.2) is 24.3 Å². The fraction of sp³-hybridized carbons (Fsp3) is 0.333. The van der Waals surface area contributed by atoms with Gasteiger partial charge in [-0.1, -0.05) is 12.1 Å². The first-order valence-electron chi connectivity index (χ1n) is 5.15. The van der Waals surface area contributed by atoms with Crippen LogP contribution in [0.2, 0.25) is 0 Å². The highest BCUT2D eigenvalue weighted by atomic mass is 127. The van der Waals surface area contributed by atoms with E-state index in [0.29, 0.717) is 12.8 Å². The Labute approximate surface area is 108 Å². The number of anilines is 1. The summed E-state index contributed by atoms with van der Waals surface area (Å²) in [6, 6.07) is 9.71. The smallest absolute Gasteiger partial charge is 0.244 e. The third kappa shape index (κ3) is 1.92. The quantitative estimate of drug-likeness (QED) is 0.850. The lowest BCUT2D eigenvalue weighted by Gasteiger charge is -2.33. The van der Waals surface area contributed by atoms with Gasteiger partial charge < -0.3 is 5.32 Å². The van der Waals surface area contributed by atoms with E-state index < -0.39 is 5.41 Å². The van der Waals surface area contributed by atoms with Gasteiger partial charge in [0.15, 0.2) is 0 Å². The summed E-state index contributed by atoms with van der Waals surface area (Å²) in [6.45, 7) is 0. The van der Waals surface area contributed by atoms with Crippen LogP contribution in [0.3, 0.4) is 0 Å². The Morgan fingerprint density at radius 2 is 2.12 bits per heavy atom. The van der Waals surface area contributed by atoms with Crippen LogP contribution in [0.5, 0.6) is 0 Å². The predicted molar refractivity (Wildman–Crippen MR) is 69.7 cm³/mol. The number of nitrogens with zero attached hydrogens (tertiary/aromatic N) is 1. The first-order valence-corrected chi connectivity index (χ1v) is 6.23. The number of rotatable bonds is 2. The number of hydrogen-bond donors (Lipinski definition) is 1. The van der Waals surface area contributed by atoms with Crippen molar-refractivity contribution in [2.24, 2.45) is 5.41 Å². The molecule has 2 rings (SSSR count). The first kappa shape index (κ1) is 11.4. The summed E-state index contributed by atoms with van der Waals surface area (Å²) in [7, 11) is 0. The Bertz CT molecular complexity index is 460. The van der Waals surface area contributed by atoms with Crippen LogP contribution in [-0.4, -0.2) is 5.91 Å². The highest BCUT2D eigenvalue weighted by molar-refractivity contribution is 14.1. The van der Waals surface area contributed by atoms with Gasteiger partial charge in [0.2, 0.25) is 5.91 Å². The second-order valence-electron chi connectivity index (χ2n) is 3.98. The number of benzene rings is 1. The Hall–Kier alpha value is -1.09. The Morgan fingerprint density at radius 3 is 2.62 bits per heavy atom. The summed E-state index contributed by atoms with van der Waals surface area (Å²) in [5.74, 6) is -0.162. The summed E-state index contributed by atoms with van der Waals surface area (Å²) >= 11 is 2.17. The van der Waals surface area contributed by atoms with Gasteiger partial charge in [-0.3, -0.25) is 4.79 Å². The van der Waals surface area contributed by atoms with Crippen LogP contribution < -0.4 is 5.32 Å². The molecule has 3 nitrogen and oxygen atoms in total. The average molecular weight is 326 g/mol. The third-order valence-corrected chi connectivity index (χ3v) is 3.92. The summed E-state index contributed by atoms with van der Waals surface area (Å²) < 4.78 is 0.987. The molecule has 1 N–H and O–H groups in total. The minimum absolute atomic E-state index is 0.162. The molecule has 0 aromatic heterocycles. The molecule has 4 heteroatoms. The Morgan fingerprint density at radius 1 is 1.44 bits per heavy atom. The molecule has 1 aromatic carbocycles. The van der Waals surface area contributed by atoms with Gasteiger partial charge in [0, 0.05) is 3.57 Å². The molecule has 1 amide bonds. The van der Waals surface area contributed by atoms with Gasteiger partial charge in [-0.05, 0) is 54.0 Å². The molecule has 0 aliphatic heterocycles. The lowest BCUT2D eigenvalue weighted by atomic mass is 9.69. The molecule has 1 aromatic rings. The topological polar surface area (TPSA) is 52.9 Å². The number of para-hydroxylation sites is 1. The van der Waals surface area contributed by atoms with E-state index in [1.54, 1.807) is 0 Å². The van der Waals surface area contributed by atoms with E-state index in [1.165, 1.54) is 0 Å². The lowest BCUT2D eigenvalue weighted by Crippen LogP contribution is -2.40. The fourth-order valence-corrected chi connectivity index (χ4v) is 2.25. The van der Waals surface area contributed by atoms with Gasteiger partial charge >= 0.3 is 0 Å². The molecule has 1 aliphatic carbocycles. The number of hydrogen-bond acceptors (Lipinski definition) is 2. The van der Waals surface area contributed by atoms with E-state index in [4.69, 9.17) is 5.26 Å². The number of nitriles is 1. The average Bonchev–Trinajstić information content (AvgIpc) is 2.21. The molecule has 0 spiro atoms. The van der Waals surface area contributed by atoms with Crippen molar-refractivity contribution >= 4 is 34.2 Å². The number of halogens is 1. The van der Waals surface area contributed by atoms with Crippen LogP contribution in [0.4, 0.5) is 5.69 Å². The lowest BCUT2D eigenvalue weighted by molar-refractivity contribution is -0.126. The van der Waals surface area contributed by atoms with Gasteiger partial charge in [0.05, 0.1) is 11.8 Å². The van der Waals surface area contributed by atoms with Crippen molar-refractivity contribution in [1.82, 2.24) is 0 Å². The molecule has 0 heterocycles. The molecular weight excluding hydrogens is 315 g/mol. The molecular formula is C12H11IN2O. The zero-order chi connectivity index (χ0) is 11.6. The van der Waals surface area contributed by atoms with E-state index in [1.807, 2.05) is 24.3 Å². The zero-order valence-electron chi connectivity index (χ0n) is 8.66. The molecule has 82 valence electrons. The third-order valence-electron chi connectivity index (χ3n) is 2.98. The van der Waals surface area contributed by atoms with Crippen molar-refractivity contribution in [3.05, 3.63) is 27.8 Å². The maximum atomic E-state index is 12.0. The fourth-order valence-electron chi connectivity index (χ4n) is 1.72. The predicted octanol–water partition coefficient (Wildman–Crippen LogP) is 2.92. The Balaban J connectivity index is 2.14. The first-order chi connectivity index (χ1) is 7.68. The minimum atomic E-state index is -0.779. The normalized spacial score (nSPS) is 17.0. The van der Waals surface area contributed by atoms with Crippen LogP contribution in [0.1, 0.15) is 19.3 Å². The SMILES string of the molecule is N#CC1(C(=O)Nc2ccccc2I)CCC1. The van der Waals surface area contributed by atoms with Gasteiger partial charge in [-0.25, -0.2) is 0 Å². The van der Waals surface area contributed by atoms with Gasteiger partial charge in [-0.15, -0.1) is 0 Å². The van der Waals surface area contributed by atoms with Crippen LogP contribution >= 0.6 is 22.6 Å². The number of amides is 1. The van der Waals surface area contributed by atoms with E-state index >= 15 is 0 Å². The van der Waals surface area contributed by atoms with Crippen LogP contribution in [0.25, 0.3) is 0 Å². The number of nitrogens with one attached hydrogen (secondary N) is 1. The van der Waals surface area contributed by atoms with Crippen LogP contribution in [0, 0.1) is 20.3 Å². The molecule has 1 aliphatic rings. The molecule has 0 atom stereocenters. The summed E-state index contributed by atoms with van der Waals surface area (Å²) in [5.41, 5.74) is 0.00784. The highest BCUT2D eigenvalue weighted by Crippen LogP contribution is 2.41. The van der Waals surface area contributed by atoms with E-state index in [-0.39, 0.29) is 5.91 Å². The maximum absolute atomic E-state index is 12.0. The van der Waals surface area contributed by atoms with E-state index in [2.05, 4.69) is 34.0 Å². The van der Waals surface area contributed by atoms with Gasteiger partial charge in [0.1, 0.15) is 5.41 Å². The summed E-state index contributed by atoms with van der Waals surface area (Å²) in [6.07, 6.45) is 2.32. The monoisotopic (exact) mass is 326 g/mol. The van der Waals surface area contributed by atoms with Crippen LogP contribution in [-0.2, 0) is 4.79 Å². The molecule has 0 bridgehead atoms. The second kappa shape index (κ2) is 4.42. The van der Waals surface area contributed by atoms with Gasteiger partial charge in [-0.2, -0.15) is 5.26 Å². The van der Waals surface area contributed by atoms with Crippen molar-refractivity contribution in [3.8, 4) is 6.07 Å². The molecule has 0 saturated heterocycles. The second-order valence-corrected chi connectivity index (χ2v) is 5.14.